The van der Waals surface area contributed by atoms with E-state index in [1.807, 2.05) is 24.3 Å². The lowest BCUT2D eigenvalue weighted by atomic mass is 9.71. The Bertz CT molecular complexity index is 1250. The molecule has 1 saturated carbocycles. The SMILES string of the molecule is COc1cccc([C@@]2(O)CCCC[C@@H]2CN(C)C)c1.Cl.O=C(Oc1ccccc1C(=O)O)c1ccccc1O. The molecule has 3 aromatic rings. The lowest BCUT2D eigenvalue weighted by Crippen LogP contribution is -2.43. The van der Waals surface area contributed by atoms with Crippen molar-refractivity contribution in [1.29, 1.82) is 0 Å². The Kier molecular flexibility index (Phi) is 11.8. The number of hydrogen-bond donors (Lipinski definition) is 3. The van der Waals surface area contributed by atoms with Gasteiger partial charge >= 0.3 is 11.9 Å². The van der Waals surface area contributed by atoms with Gasteiger partial charge in [-0.25, -0.2) is 9.59 Å². The third-order valence-electron chi connectivity index (χ3n) is 6.64. The Hall–Kier alpha value is -3.59. The monoisotopic (exact) mass is 557 g/mol. The first-order chi connectivity index (χ1) is 18.2. The number of aromatic carboxylic acids is 1. The van der Waals surface area contributed by atoms with Crippen LogP contribution in [-0.2, 0) is 5.60 Å². The van der Waals surface area contributed by atoms with Gasteiger partial charge in [-0.15, -0.1) is 12.4 Å². The molecule has 9 heteroatoms. The molecule has 0 aromatic heterocycles. The summed E-state index contributed by atoms with van der Waals surface area (Å²) >= 11 is 0. The third kappa shape index (κ3) is 8.20. The van der Waals surface area contributed by atoms with Crippen LogP contribution in [-0.4, -0.2) is 59.9 Å². The number of carboxylic acids is 1. The van der Waals surface area contributed by atoms with Gasteiger partial charge in [0, 0.05) is 12.5 Å². The van der Waals surface area contributed by atoms with Crippen molar-refractivity contribution in [3.05, 3.63) is 89.5 Å². The molecule has 2 atom stereocenters. The number of phenolic OH excluding ortho intramolecular Hbond substituents is 1. The van der Waals surface area contributed by atoms with E-state index in [-0.39, 0.29) is 35.0 Å². The molecule has 0 bridgehead atoms. The van der Waals surface area contributed by atoms with Crippen LogP contribution < -0.4 is 9.47 Å². The van der Waals surface area contributed by atoms with E-state index in [0.29, 0.717) is 5.92 Å². The zero-order chi connectivity index (χ0) is 27.7. The number of halogens is 1. The van der Waals surface area contributed by atoms with Gasteiger partial charge in [0.05, 0.1) is 12.7 Å². The second-order valence-electron chi connectivity index (χ2n) is 9.57. The number of carbonyl (C=O) groups excluding carboxylic acids is 1. The molecule has 210 valence electrons. The number of ether oxygens (including phenoxy) is 2. The van der Waals surface area contributed by atoms with E-state index in [2.05, 4.69) is 19.0 Å². The molecular formula is C30H36ClNO7. The summed E-state index contributed by atoms with van der Waals surface area (Å²) in [6, 6.07) is 19.6. The molecule has 3 N–H and O–H groups in total. The molecule has 3 aromatic carbocycles. The number of methoxy groups -OCH3 is 1. The van der Waals surface area contributed by atoms with Crippen molar-refractivity contribution in [3.63, 3.8) is 0 Å². The molecule has 39 heavy (non-hydrogen) atoms. The first-order valence-corrected chi connectivity index (χ1v) is 12.5. The summed E-state index contributed by atoms with van der Waals surface area (Å²) in [5.74, 6) is -1.18. The number of aliphatic hydroxyl groups is 1. The van der Waals surface area contributed by atoms with Crippen LogP contribution in [0.4, 0.5) is 0 Å². The van der Waals surface area contributed by atoms with Crippen molar-refractivity contribution in [2.75, 3.05) is 27.7 Å². The number of benzene rings is 3. The van der Waals surface area contributed by atoms with Gasteiger partial charge < -0.3 is 29.7 Å². The number of carbonyl (C=O) groups is 2. The quantitative estimate of drug-likeness (QED) is 0.262. The summed E-state index contributed by atoms with van der Waals surface area (Å²) in [6.45, 7) is 0.924. The Morgan fingerprint density at radius 2 is 1.64 bits per heavy atom. The maximum absolute atomic E-state index is 11.8. The molecule has 0 unspecified atom stereocenters. The Balaban J connectivity index is 0.000000267. The van der Waals surface area contributed by atoms with Gasteiger partial charge in [0.15, 0.2) is 0 Å². The number of carboxylic acid groups (broad SMARTS) is 1. The van der Waals surface area contributed by atoms with Gasteiger partial charge in [0.25, 0.3) is 0 Å². The summed E-state index contributed by atoms with van der Waals surface area (Å²) in [4.78, 5) is 25.0. The zero-order valence-electron chi connectivity index (χ0n) is 22.4. The predicted molar refractivity (Wildman–Crippen MR) is 151 cm³/mol. The van der Waals surface area contributed by atoms with Crippen LogP contribution in [0.3, 0.4) is 0 Å². The van der Waals surface area contributed by atoms with E-state index in [1.165, 1.54) is 36.8 Å². The summed E-state index contributed by atoms with van der Waals surface area (Å²) in [7, 11) is 5.81. The number of hydrogen-bond acceptors (Lipinski definition) is 7. The fourth-order valence-electron chi connectivity index (χ4n) is 4.72. The Morgan fingerprint density at radius 3 is 2.28 bits per heavy atom. The number of phenols is 1. The van der Waals surface area contributed by atoms with Crippen LogP contribution in [0.15, 0.2) is 72.8 Å². The number of para-hydroxylation sites is 2. The van der Waals surface area contributed by atoms with Crippen molar-refractivity contribution in [2.24, 2.45) is 5.92 Å². The highest BCUT2D eigenvalue weighted by Crippen LogP contribution is 2.42. The molecule has 8 nitrogen and oxygen atoms in total. The molecule has 1 aliphatic carbocycles. The first kappa shape index (κ1) is 31.6. The lowest BCUT2D eigenvalue weighted by molar-refractivity contribution is -0.0619. The fourth-order valence-corrected chi connectivity index (χ4v) is 4.72. The van der Waals surface area contributed by atoms with Crippen molar-refractivity contribution in [1.82, 2.24) is 4.90 Å². The minimum Gasteiger partial charge on any atom is -0.507 e. The average Bonchev–Trinajstić information content (AvgIpc) is 2.90. The highest BCUT2D eigenvalue weighted by molar-refractivity contribution is 5.96. The molecule has 4 rings (SSSR count). The number of nitrogens with zero attached hydrogens (tertiary/aromatic N) is 1. The minimum absolute atomic E-state index is 0. The summed E-state index contributed by atoms with van der Waals surface area (Å²) in [5.41, 5.74) is 0.143. The van der Waals surface area contributed by atoms with Crippen LogP contribution in [0.5, 0.6) is 17.2 Å². The summed E-state index contributed by atoms with van der Waals surface area (Å²) < 4.78 is 10.3. The van der Waals surface area contributed by atoms with Crippen LogP contribution in [0.25, 0.3) is 0 Å². The smallest absolute Gasteiger partial charge is 0.347 e. The van der Waals surface area contributed by atoms with Crippen molar-refractivity contribution in [3.8, 4) is 17.2 Å². The van der Waals surface area contributed by atoms with Crippen molar-refractivity contribution < 1.29 is 34.4 Å². The molecule has 0 heterocycles. The maximum Gasteiger partial charge on any atom is 0.347 e. The normalized spacial score (nSPS) is 18.2. The Labute approximate surface area is 235 Å². The van der Waals surface area contributed by atoms with E-state index in [0.717, 1.165) is 37.1 Å². The molecule has 1 aliphatic rings. The average molecular weight is 558 g/mol. The van der Waals surface area contributed by atoms with E-state index in [9.17, 15) is 19.8 Å². The van der Waals surface area contributed by atoms with Crippen molar-refractivity contribution in [2.45, 2.75) is 31.3 Å². The summed E-state index contributed by atoms with van der Waals surface area (Å²) in [5, 5.41) is 29.7. The molecule has 0 saturated heterocycles. The van der Waals surface area contributed by atoms with Crippen molar-refractivity contribution >= 4 is 24.3 Å². The highest BCUT2D eigenvalue weighted by atomic mass is 35.5. The van der Waals surface area contributed by atoms with Gasteiger partial charge in [0.2, 0.25) is 0 Å². The molecule has 0 spiro atoms. The first-order valence-electron chi connectivity index (χ1n) is 12.5. The van der Waals surface area contributed by atoms with Gasteiger partial charge in [0.1, 0.15) is 28.4 Å². The van der Waals surface area contributed by atoms with Crippen LogP contribution >= 0.6 is 12.4 Å². The van der Waals surface area contributed by atoms with Crippen LogP contribution in [0.2, 0.25) is 0 Å². The number of aromatic hydroxyl groups is 1. The van der Waals surface area contributed by atoms with E-state index < -0.39 is 17.5 Å². The van der Waals surface area contributed by atoms with E-state index in [1.54, 1.807) is 25.3 Å². The molecule has 0 radical (unpaired) electrons. The van der Waals surface area contributed by atoms with Gasteiger partial charge in [-0.05, 0) is 68.9 Å². The minimum atomic E-state index is -1.19. The van der Waals surface area contributed by atoms with E-state index in [4.69, 9.17) is 14.6 Å². The maximum atomic E-state index is 11.8. The second-order valence-corrected chi connectivity index (χ2v) is 9.57. The number of esters is 1. The fraction of sp³-hybridized carbons (Fsp3) is 0.333. The highest BCUT2D eigenvalue weighted by Gasteiger charge is 2.40. The number of rotatable bonds is 7. The van der Waals surface area contributed by atoms with E-state index >= 15 is 0 Å². The predicted octanol–water partition coefficient (Wildman–Crippen LogP) is 5.37. The third-order valence-corrected chi connectivity index (χ3v) is 6.64. The van der Waals surface area contributed by atoms with Gasteiger partial charge in [-0.2, -0.15) is 0 Å². The van der Waals surface area contributed by atoms with Crippen LogP contribution in [0, 0.1) is 5.92 Å². The Morgan fingerprint density at radius 1 is 0.974 bits per heavy atom. The lowest BCUT2D eigenvalue weighted by Gasteiger charge is -2.41. The topological polar surface area (TPSA) is 117 Å². The molecular weight excluding hydrogens is 522 g/mol. The summed E-state index contributed by atoms with van der Waals surface area (Å²) in [6.07, 6.45) is 4.24. The molecule has 1 fully saturated rings. The zero-order valence-corrected chi connectivity index (χ0v) is 23.2. The largest absolute Gasteiger partial charge is 0.507 e. The standard InChI is InChI=1S/C16H25NO2.C14H10O5.ClH/c1-17(2)12-14-7-4-5-10-16(14,18)13-8-6-9-15(11-13)19-3;15-11-7-3-1-5-9(11)14(18)19-12-8-4-2-6-10(12)13(16)17;/h6,8-9,11,14,18H,4-5,7,10,12H2,1-3H3;1-8,15H,(H,16,17);1H/t14-,16+;;/m1../s1. The molecule has 0 amide bonds. The van der Waals surface area contributed by atoms with Gasteiger partial charge in [-0.1, -0.05) is 49.2 Å². The molecule has 0 aliphatic heterocycles. The van der Waals surface area contributed by atoms with Gasteiger partial charge in [-0.3, -0.25) is 0 Å². The van der Waals surface area contributed by atoms with Crippen LogP contribution in [0.1, 0.15) is 52.0 Å². The second kappa shape index (κ2) is 14.5.